The highest BCUT2D eigenvalue weighted by atomic mass is 16.2. The topological polar surface area (TPSA) is 49.4 Å². The van der Waals surface area contributed by atoms with Crippen molar-refractivity contribution in [3.8, 4) is 0 Å². The van der Waals surface area contributed by atoms with Crippen LogP contribution in [0.4, 0.5) is 0 Å². The van der Waals surface area contributed by atoms with E-state index in [4.69, 9.17) is 0 Å². The highest BCUT2D eigenvalue weighted by Gasteiger charge is 2.40. The summed E-state index contributed by atoms with van der Waals surface area (Å²) in [6.07, 6.45) is 0.877. The standard InChI is InChI=1S/C21H24N2O2/c1-15(2)12-13-23-19(17-10-6-7-11-18(17)21(23)25)20(24)22-14-16-8-4-3-5-9-16/h3-11,15,19H,12-14H2,1-2H3,(H,22,24). The average molecular weight is 336 g/mol. The van der Waals surface area contributed by atoms with Crippen LogP contribution in [0.3, 0.4) is 0 Å². The molecule has 1 N–H and O–H groups in total. The zero-order valence-corrected chi connectivity index (χ0v) is 14.7. The Kier molecular flexibility index (Phi) is 5.17. The van der Waals surface area contributed by atoms with Crippen LogP contribution < -0.4 is 5.32 Å². The molecule has 0 radical (unpaired) electrons. The van der Waals surface area contributed by atoms with Crippen LogP contribution in [0.2, 0.25) is 0 Å². The molecule has 2 aromatic rings. The van der Waals surface area contributed by atoms with Crippen LogP contribution in [-0.2, 0) is 11.3 Å². The lowest BCUT2D eigenvalue weighted by Crippen LogP contribution is -2.39. The molecule has 0 spiro atoms. The SMILES string of the molecule is CC(C)CCN1C(=O)c2ccccc2C1C(=O)NCc1ccccc1. The van der Waals surface area contributed by atoms with Gasteiger partial charge < -0.3 is 10.2 Å². The van der Waals surface area contributed by atoms with E-state index in [2.05, 4.69) is 19.2 Å². The molecular weight excluding hydrogens is 312 g/mol. The zero-order valence-electron chi connectivity index (χ0n) is 14.7. The maximum Gasteiger partial charge on any atom is 0.255 e. The van der Waals surface area contributed by atoms with Crippen LogP contribution >= 0.6 is 0 Å². The summed E-state index contributed by atoms with van der Waals surface area (Å²) in [6.45, 7) is 5.30. The van der Waals surface area contributed by atoms with Gasteiger partial charge in [-0.3, -0.25) is 9.59 Å². The van der Waals surface area contributed by atoms with Gasteiger partial charge in [0, 0.05) is 18.7 Å². The van der Waals surface area contributed by atoms with Crippen molar-refractivity contribution in [2.45, 2.75) is 32.9 Å². The maximum absolute atomic E-state index is 12.9. The van der Waals surface area contributed by atoms with Crippen LogP contribution in [0.25, 0.3) is 0 Å². The second-order valence-corrected chi connectivity index (χ2v) is 6.87. The van der Waals surface area contributed by atoms with Gasteiger partial charge in [-0.2, -0.15) is 0 Å². The first-order chi connectivity index (χ1) is 12.1. The zero-order chi connectivity index (χ0) is 17.8. The second kappa shape index (κ2) is 7.51. The van der Waals surface area contributed by atoms with E-state index in [-0.39, 0.29) is 11.8 Å². The Hall–Kier alpha value is -2.62. The molecule has 1 atom stereocenters. The van der Waals surface area contributed by atoms with E-state index >= 15 is 0 Å². The fourth-order valence-corrected chi connectivity index (χ4v) is 3.16. The predicted octanol–water partition coefficient (Wildman–Crippen LogP) is 3.55. The number of nitrogens with zero attached hydrogens (tertiary/aromatic N) is 1. The van der Waals surface area contributed by atoms with Crippen molar-refractivity contribution in [3.05, 3.63) is 71.3 Å². The van der Waals surface area contributed by atoms with Crippen LogP contribution in [0.15, 0.2) is 54.6 Å². The molecule has 3 rings (SSSR count). The van der Waals surface area contributed by atoms with E-state index in [0.717, 1.165) is 17.5 Å². The van der Waals surface area contributed by atoms with Gasteiger partial charge in [0.25, 0.3) is 5.91 Å². The van der Waals surface area contributed by atoms with E-state index in [0.29, 0.717) is 24.6 Å². The smallest absolute Gasteiger partial charge is 0.255 e. The lowest BCUT2D eigenvalue weighted by molar-refractivity contribution is -0.125. The van der Waals surface area contributed by atoms with Gasteiger partial charge in [-0.25, -0.2) is 0 Å². The molecule has 0 aromatic heterocycles. The van der Waals surface area contributed by atoms with Gasteiger partial charge in [0.2, 0.25) is 5.91 Å². The lowest BCUT2D eigenvalue weighted by Gasteiger charge is -2.25. The molecule has 2 aromatic carbocycles. The summed E-state index contributed by atoms with van der Waals surface area (Å²) >= 11 is 0. The molecule has 0 saturated carbocycles. The summed E-state index contributed by atoms with van der Waals surface area (Å²) in [5.74, 6) is 0.312. The first-order valence-electron chi connectivity index (χ1n) is 8.79. The van der Waals surface area contributed by atoms with E-state index in [1.165, 1.54) is 0 Å². The van der Waals surface area contributed by atoms with Crippen molar-refractivity contribution >= 4 is 11.8 Å². The van der Waals surface area contributed by atoms with Gasteiger partial charge in [-0.05, 0) is 29.5 Å². The van der Waals surface area contributed by atoms with E-state index in [1.807, 2.05) is 54.6 Å². The Labute approximate surface area is 148 Å². The average Bonchev–Trinajstić information content (AvgIpc) is 2.91. The summed E-state index contributed by atoms with van der Waals surface area (Å²) in [4.78, 5) is 27.3. The summed E-state index contributed by atoms with van der Waals surface area (Å²) < 4.78 is 0. The number of carbonyl (C=O) groups excluding carboxylic acids is 2. The molecule has 1 heterocycles. The molecule has 1 aliphatic heterocycles. The lowest BCUT2D eigenvalue weighted by atomic mass is 10.0. The molecule has 0 aliphatic carbocycles. The Morgan fingerprint density at radius 1 is 1.08 bits per heavy atom. The van der Waals surface area contributed by atoms with Crippen molar-refractivity contribution < 1.29 is 9.59 Å². The normalized spacial score (nSPS) is 16.2. The minimum atomic E-state index is -0.536. The first kappa shape index (κ1) is 17.2. The van der Waals surface area contributed by atoms with Gasteiger partial charge >= 0.3 is 0 Å². The van der Waals surface area contributed by atoms with Gasteiger partial charge in [0.1, 0.15) is 6.04 Å². The molecule has 4 heteroatoms. The quantitative estimate of drug-likeness (QED) is 0.877. The third-order valence-electron chi connectivity index (χ3n) is 4.56. The molecule has 1 aliphatic rings. The predicted molar refractivity (Wildman–Crippen MR) is 98.0 cm³/mol. The number of rotatable bonds is 6. The molecule has 2 amide bonds. The van der Waals surface area contributed by atoms with Crippen LogP contribution in [-0.4, -0.2) is 23.3 Å². The number of amides is 2. The summed E-state index contributed by atoms with van der Waals surface area (Å²) in [5, 5.41) is 2.99. The van der Waals surface area contributed by atoms with Crippen molar-refractivity contribution in [2.24, 2.45) is 5.92 Å². The van der Waals surface area contributed by atoms with Crippen LogP contribution in [0.5, 0.6) is 0 Å². The minimum Gasteiger partial charge on any atom is -0.350 e. The summed E-state index contributed by atoms with van der Waals surface area (Å²) in [7, 11) is 0. The van der Waals surface area contributed by atoms with Crippen molar-refractivity contribution in [1.29, 1.82) is 0 Å². The third kappa shape index (κ3) is 3.73. The largest absolute Gasteiger partial charge is 0.350 e. The molecule has 1 unspecified atom stereocenters. The Morgan fingerprint density at radius 3 is 2.48 bits per heavy atom. The molecule has 0 fully saturated rings. The molecule has 130 valence electrons. The summed E-state index contributed by atoms with van der Waals surface area (Å²) in [5.41, 5.74) is 2.50. The monoisotopic (exact) mass is 336 g/mol. The molecule has 4 nitrogen and oxygen atoms in total. The Morgan fingerprint density at radius 2 is 1.76 bits per heavy atom. The van der Waals surface area contributed by atoms with Crippen LogP contribution in [0, 0.1) is 5.92 Å². The van der Waals surface area contributed by atoms with Gasteiger partial charge in [-0.15, -0.1) is 0 Å². The van der Waals surface area contributed by atoms with E-state index in [9.17, 15) is 9.59 Å². The number of hydrogen-bond acceptors (Lipinski definition) is 2. The summed E-state index contributed by atoms with van der Waals surface area (Å²) in [6, 6.07) is 16.7. The molecule has 0 bridgehead atoms. The van der Waals surface area contributed by atoms with Gasteiger partial charge in [0.15, 0.2) is 0 Å². The fourth-order valence-electron chi connectivity index (χ4n) is 3.16. The highest BCUT2D eigenvalue weighted by Crippen LogP contribution is 2.34. The number of carbonyl (C=O) groups is 2. The fraction of sp³-hybridized carbons (Fsp3) is 0.333. The number of nitrogens with one attached hydrogen (secondary N) is 1. The Balaban J connectivity index is 1.79. The third-order valence-corrected chi connectivity index (χ3v) is 4.56. The van der Waals surface area contributed by atoms with Crippen molar-refractivity contribution in [2.75, 3.05) is 6.54 Å². The number of fused-ring (bicyclic) bond motifs is 1. The first-order valence-corrected chi connectivity index (χ1v) is 8.79. The highest BCUT2D eigenvalue weighted by molar-refractivity contribution is 6.04. The van der Waals surface area contributed by atoms with E-state index < -0.39 is 6.04 Å². The molecule has 25 heavy (non-hydrogen) atoms. The maximum atomic E-state index is 12.9. The molecular formula is C21H24N2O2. The van der Waals surface area contributed by atoms with Crippen molar-refractivity contribution in [3.63, 3.8) is 0 Å². The Bertz CT molecular complexity index is 756. The van der Waals surface area contributed by atoms with Gasteiger partial charge in [0.05, 0.1) is 0 Å². The second-order valence-electron chi connectivity index (χ2n) is 6.87. The molecule has 0 saturated heterocycles. The number of hydrogen-bond donors (Lipinski definition) is 1. The van der Waals surface area contributed by atoms with E-state index in [1.54, 1.807) is 4.90 Å². The van der Waals surface area contributed by atoms with Crippen LogP contribution in [0.1, 0.15) is 47.8 Å². The minimum absolute atomic E-state index is 0.0453. The van der Waals surface area contributed by atoms with Crippen molar-refractivity contribution in [1.82, 2.24) is 10.2 Å². The van der Waals surface area contributed by atoms with Gasteiger partial charge in [-0.1, -0.05) is 62.4 Å². The number of benzene rings is 2.